The van der Waals surface area contributed by atoms with E-state index in [1.165, 1.54) is 0 Å². The molecule has 24 heavy (non-hydrogen) atoms. The van der Waals surface area contributed by atoms with Gasteiger partial charge in [-0.1, -0.05) is 69.3 Å². The van der Waals surface area contributed by atoms with Crippen molar-refractivity contribution in [2.75, 3.05) is 0 Å². The van der Waals surface area contributed by atoms with Crippen molar-refractivity contribution in [1.29, 1.82) is 0 Å². The van der Waals surface area contributed by atoms with Crippen molar-refractivity contribution >= 4 is 22.4 Å². The number of aromatic nitrogens is 1. The predicted molar refractivity (Wildman–Crippen MR) is 102 cm³/mol. The molecule has 2 N–H and O–H groups in total. The third-order valence-electron chi connectivity index (χ3n) is 3.38. The molecule has 2 aromatic carbocycles. The van der Waals surface area contributed by atoms with Crippen LogP contribution in [0.2, 0.25) is 0 Å². The van der Waals surface area contributed by atoms with E-state index in [1.807, 2.05) is 74.5 Å². The van der Waals surface area contributed by atoms with Gasteiger partial charge in [0.25, 0.3) is 0 Å². The maximum Gasteiger partial charge on any atom is 0.227 e. The van der Waals surface area contributed by atoms with E-state index in [0.717, 1.165) is 28.7 Å². The number of fused-ring (bicyclic) bond motifs is 1. The highest BCUT2D eigenvalue weighted by Crippen LogP contribution is 2.24. The zero-order valence-electron chi connectivity index (χ0n) is 14.5. The number of hydrogen-bond donors (Lipinski definition) is 1. The molecule has 0 aliphatic heterocycles. The smallest absolute Gasteiger partial charge is 0.227 e. The van der Waals surface area contributed by atoms with Crippen LogP contribution in [-0.4, -0.2) is 4.98 Å². The molecule has 0 bridgehead atoms. The number of hydrogen-bond acceptors (Lipinski definition) is 3. The standard InChI is InChI=1S/C19H18N2O.C2H6/c1-2-8-15(13-16(20)14-9-4-3-5-10-14)19-21-17-11-6-7-12-18(17)22-19;1-2/h3-13H,2,20H2,1H3;1-2H3/b15-8+,16-13-;. The van der Waals surface area contributed by atoms with Crippen LogP contribution in [0.4, 0.5) is 0 Å². The summed E-state index contributed by atoms with van der Waals surface area (Å²) >= 11 is 0. The molecular weight excluding hydrogens is 296 g/mol. The Morgan fingerprint density at radius 1 is 1.04 bits per heavy atom. The quantitative estimate of drug-likeness (QED) is 0.632. The molecule has 124 valence electrons. The fourth-order valence-corrected chi connectivity index (χ4v) is 2.31. The monoisotopic (exact) mass is 320 g/mol. The zero-order chi connectivity index (χ0) is 17.4. The van der Waals surface area contributed by atoms with Crippen LogP contribution in [0.5, 0.6) is 0 Å². The number of para-hydroxylation sites is 2. The van der Waals surface area contributed by atoms with Crippen LogP contribution in [0.1, 0.15) is 38.6 Å². The number of rotatable bonds is 4. The Bertz CT molecular complexity index is 796. The van der Waals surface area contributed by atoms with Gasteiger partial charge in [-0.15, -0.1) is 0 Å². The topological polar surface area (TPSA) is 52.0 Å². The van der Waals surface area contributed by atoms with Gasteiger partial charge in [0.15, 0.2) is 5.58 Å². The minimum atomic E-state index is 0.599. The van der Waals surface area contributed by atoms with Gasteiger partial charge in [0, 0.05) is 11.3 Å². The van der Waals surface area contributed by atoms with Gasteiger partial charge in [0.2, 0.25) is 5.89 Å². The van der Waals surface area contributed by atoms with Gasteiger partial charge in [0.1, 0.15) is 5.52 Å². The van der Waals surface area contributed by atoms with Crippen molar-refractivity contribution in [2.45, 2.75) is 27.2 Å². The average molecular weight is 320 g/mol. The van der Waals surface area contributed by atoms with Gasteiger partial charge >= 0.3 is 0 Å². The zero-order valence-corrected chi connectivity index (χ0v) is 14.5. The third-order valence-corrected chi connectivity index (χ3v) is 3.38. The third kappa shape index (κ3) is 4.13. The molecule has 0 radical (unpaired) electrons. The highest BCUT2D eigenvalue weighted by molar-refractivity contribution is 5.83. The van der Waals surface area contributed by atoms with Crippen molar-refractivity contribution in [3.8, 4) is 0 Å². The van der Waals surface area contributed by atoms with Crippen LogP contribution >= 0.6 is 0 Å². The van der Waals surface area contributed by atoms with E-state index in [1.54, 1.807) is 0 Å². The van der Waals surface area contributed by atoms with E-state index < -0.39 is 0 Å². The van der Waals surface area contributed by atoms with Crippen molar-refractivity contribution in [2.24, 2.45) is 5.73 Å². The molecule has 0 spiro atoms. The van der Waals surface area contributed by atoms with E-state index in [-0.39, 0.29) is 0 Å². The molecule has 3 nitrogen and oxygen atoms in total. The minimum absolute atomic E-state index is 0.599. The summed E-state index contributed by atoms with van der Waals surface area (Å²) in [5, 5.41) is 0. The first kappa shape index (κ1) is 17.5. The Morgan fingerprint density at radius 2 is 1.71 bits per heavy atom. The van der Waals surface area contributed by atoms with E-state index in [4.69, 9.17) is 10.2 Å². The van der Waals surface area contributed by atoms with E-state index in [2.05, 4.69) is 18.0 Å². The van der Waals surface area contributed by atoms with Crippen molar-refractivity contribution in [3.05, 3.63) is 78.2 Å². The molecule has 0 saturated heterocycles. The molecule has 0 aliphatic rings. The van der Waals surface area contributed by atoms with Gasteiger partial charge in [-0.25, -0.2) is 4.98 Å². The van der Waals surface area contributed by atoms with Gasteiger partial charge in [-0.2, -0.15) is 0 Å². The van der Waals surface area contributed by atoms with Gasteiger partial charge < -0.3 is 10.2 Å². The second kappa shape index (κ2) is 8.73. The fraction of sp³-hybridized carbons (Fsp3) is 0.190. The van der Waals surface area contributed by atoms with Crippen molar-refractivity contribution in [3.63, 3.8) is 0 Å². The molecule has 0 saturated carbocycles. The van der Waals surface area contributed by atoms with Gasteiger partial charge in [-0.05, 0) is 30.2 Å². The molecule has 0 amide bonds. The summed E-state index contributed by atoms with van der Waals surface area (Å²) in [6.45, 7) is 6.08. The first-order valence-corrected chi connectivity index (χ1v) is 8.36. The lowest BCUT2D eigenvalue weighted by Gasteiger charge is -2.03. The lowest BCUT2D eigenvalue weighted by molar-refractivity contribution is 0.585. The molecule has 1 aromatic heterocycles. The first-order valence-electron chi connectivity index (χ1n) is 8.36. The number of oxazole rings is 1. The summed E-state index contributed by atoms with van der Waals surface area (Å²) in [5.74, 6) is 0.599. The SMILES string of the molecule is CC.CC/C=C(\C=C(/N)c1ccccc1)c1nc2ccccc2o1. The molecule has 0 fully saturated rings. The second-order valence-corrected chi connectivity index (χ2v) is 5.02. The van der Waals surface area contributed by atoms with E-state index in [9.17, 15) is 0 Å². The maximum atomic E-state index is 6.21. The highest BCUT2D eigenvalue weighted by Gasteiger charge is 2.09. The second-order valence-electron chi connectivity index (χ2n) is 5.02. The Hall–Kier alpha value is -2.81. The molecule has 0 unspecified atom stereocenters. The first-order chi connectivity index (χ1) is 11.8. The Morgan fingerprint density at radius 3 is 2.38 bits per heavy atom. The molecule has 1 heterocycles. The molecule has 3 heteroatoms. The van der Waals surface area contributed by atoms with Crippen LogP contribution in [0.25, 0.3) is 22.4 Å². The largest absolute Gasteiger partial charge is 0.436 e. The molecule has 3 aromatic rings. The Balaban J connectivity index is 0.00000100. The van der Waals surface area contributed by atoms with Crippen molar-refractivity contribution < 1.29 is 4.42 Å². The highest BCUT2D eigenvalue weighted by atomic mass is 16.3. The molecule has 3 rings (SSSR count). The molecular formula is C21H24N2O. The van der Waals surface area contributed by atoms with Crippen LogP contribution < -0.4 is 5.73 Å². The van der Waals surface area contributed by atoms with Crippen LogP contribution in [-0.2, 0) is 0 Å². The summed E-state index contributed by atoms with van der Waals surface area (Å²) in [5.41, 5.74) is 10.4. The minimum Gasteiger partial charge on any atom is -0.436 e. The lowest BCUT2D eigenvalue weighted by atomic mass is 10.1. The van der Waals surface area contributed by atoms with Crippen LogP contribution in [0, 0.1) is 0 Å². The Kier molecular flexibility index (Phi) is 6.38. The summed E-state index contributed by atoms with van der Waals surface area (Å²) in [6, 6.07) is 17.6. The molecule has 0 atom stereocenters. The van der Waals surface area contributed by atoms with E-state index in [0.29, 0.717) is 11.6 Å². The lowest BCUT2D eigenvalue weighted by Crippen LogP contribution is -1.97. The predicted octanol–water partition coefficient (Wildman–Crippen LogP) is 5.65. The van der Waals surface area contributed by atoms with Gasteiger partial charge in [-0.3, -0.25) is 0 Å². The summed E-state index contributed by atoms with van der Waals surface area (Å²) in [7, 11) is 0. The summed E-state index contributed by atoms with van der Waals surface area (Å²) in [4.78, 5) is 4.54. The van der Waals surface area contributed by atoms with Crippen LogP contribution in [0.15, 0.2) is 71.2 Å². The average Bonchev–Trinajstić information content (AvgIpc) is 3.08. The Labute approximate surface area is 143 Å². The molecule has 0 aliphatic carbocycles. The van der Waals surface area contributed by atoms with Crippen molar-refractivity contribution in [1.82, 2.24) is 4.98 Å². The summed E-state index contributed by atoms with van der Waals surface area (Å²) < 4.78 is 5.84. The number of benzene rings is 2. The van der Waals surface area contributed by atoms with E-state index >= 15 is 0 Å². The number of allylic oxidation sites excluding steroid dienone is 3. The fourth-order valence-electron chi connectivity index (χ4n) is 2.31. The number of nitrogens with zero attached hydrogens (tertiary/aromatic N) is 1. The maximum absolute atomic E-state index is 6.21. The van der Waals surface area contributed by atoms with Crippen LogP contribution in [0.3, 0.4) is 0 Å². The summed E-state index contributed by atoms with van der Waals surface area (Å²) in [6.07, 6.45) is 4.87. The normalized spacial score (nSPS) is 12.0. The van der Waals surface area contributed by atoms with Gasteiger partial charge in [0.05, 0.1) is 0 Å². The number of nitrogens with two attached hydrogens (primary N) is 1.